The van der Waals surface area contributed by atoms with Crippen molar-refractivity contribution in [2.24, 2.45) is 11.8 Å². The van der Waals surface area contributed by atoms with Crippen LogP contribution in [0.15, 0.2) is 12.2 Å². The fourth-order valence-electron chi connectivity index (χ4n) is 1.91. The van der Waals surface area contributed by atoms with Crippen molar-refractivity contribution in [1.82, 2.24) is 5.06 Å². The first-order valence-electron chi connectivity index (χ1n) is 8.01. The standard InChI is InChI=1S/C17H35NO3Si/c1-13(2)16(21-22(9,10)17(4,5)6)14(3)11-12-15(19)18(7)20-8/h11-14,16H,1-10H3/b12-11+/t14-,16-/m0/s1. The summed E-state index contributed by atoms with van der Waals surface area (Å²) in [5.74, 6) is 0.400. The minimum Gasteiger partial charge on any atom is -0.413 e. The van der Waals surface area contributed by atoms with Crippen LogP contribution in [0.1, 0.15) is 41.5 Å². The van der Waals surface area contributed by atoms with Crippen molar-refractivity contribution in [1.29, 1.82) is 0 Å². The van der Waals surface area contributed by atoms with Crippen LogP contribution in [0.4, 0.5) is 0 Å². The molecule has 2 atom stereocenters. The maximum absolute atomic E-state index is 11.8. The lowest BCUT2D eigenvalue weighted by atomic mass is 9.94. The molecule has 5 heteroatoms. The van der Waals surface area contributed by atoms with Crippen LogP contribution in [0.25, 0.3) is 0 Å². The third-order valence-electron chi connectivity index (χ3n) is 4.54. The zero-order chi connectivity index (χ0) is 17.7. The first-order valence-corrected chi connectivity index (χ1v) is 10.9. The summed E-state index contributed by atoms with van der Waals surface area (Å²) in [4.78, 5) is 16.7. The molecule has 0 saturated carbocycles. The summed E-state index contributed by atoms with van der Waals surface area (Å²) in [5.41, 5.74) is 0. The number of hydrogen-bond donors (Lipinski definition) is 0. The summed E-state index contributed by atoms with van der Waals surface area (Å²) in [6.45, 7) is 17.7. The van der Waals surface area contributed by atoms with Crippen LogP contribution in [0.2, 0.25) is 18.1 Å². The Labute approximate surface area is 137 Å². The quantitative estimate of drug-likeness (QED) is 0.398. The number of hydroxylamine groups is 2. The number of nitrogens with zero attached hydrogens (tertiary/aromatic N) is 1. The van der Waals surface area contributed by atoms with E-state index in [0.717, 1.165) is 0 Å². The third kappa shape index (κ3) is 6.22. The number of hydrogen-bond acceptors (Lipinski definition) is 3. The van der Waals surface area contributed by atoms with Crippen LogP contribution in [-0.4, -0.2) is 39.5 Å². The number of carbonyl (C=O) groups excluding carboxylic acids is 1. The van der Waals surface area contributed by atoms with Gasteiger partial charge < -0.3 is 4.43 Å². The van der Waals surface area contributed by atoms with Crippen molar-refractivity contribution >= 4 is 14.2 Å². The van der Waals surface area contributed by atoms with Gasteiger partial charge in [0.1, 0.15) is 0 Å². The van der Waals surface area contributed by atoms with Crippen LogP contribution in [0.3, 0.4) is 0 Å². The highest BCUT2D eigenvalue weighted by Gasteiger charge is 2.40. The van der Waals surface area contributed by atoms with E-state index in [9.17, 15) is 4.79 Å². The molecule has 0 aliphatic heterocycles. The minimum atomic E-state index is -1.83. The lowest BCUT2D eigenvalue weighted by molar-refractivity contribution is -0.162. The number of likely N-dealkylation sites (N-methyl/N-ethyl adjacent to an activating group) is 1. The molecule has 0 heterocycles. The van der Waals surface area contributed by atoms with Crippen LogP contribution >= 0.6 is 0 Å². The van der Waals surface area contributed by atoms with E-state index in [1.807, 2.05) is 6.08 Å². The molecule has 0 spiro atoms. The molecule has 130 valence electrons. The van der Waals surface area contributed by atoms with Crippen molar-refractivity contribution in [2.45, 2.75) is 65.8 Å². The van der Waals surface area contributed by atoms with Gasteiger partial charge in [0.25, 0.3) is 5.91 Å². The van der Waals surface area contributed by atoms with Crippen molar-refractivity contribution in [2.75, 3.05) is 14.2 Å². The minimum absolute atomic E-state index is 0.109. The molecule has 0 aliphatic rings. The Hall–Kier alpha value is -0.653. The number of rotatable bonds is 7. The Bertz CT molecular complexity index is 386. The van der Waals surface area contributed by atoms with Gasteiger partial charge in [0.2, 0.25) is 0 Å². The van der Waals surface area contributed by atoms with Gasteiger partial charge in [-0.2, -0.15) is 0 Å². The van der Waals surface area contributed by atoms with E-state index in [0.29, 0.717) is 5.92 Å². The van der Waals surface area contributed by atoms with E-state index in [4.69, 9.17) is 9.26 Å². The first-order chi connectivity index (χ1) is 9.83. The monoisotopic (exact) mass is 329 g/mol. The number of carbonyl (C=O) groups is 1. The highest BCUT2D eigenvalue weighted by atomic mass is 28.4. The lowest BCUT2D eigenvalue weighted by Gasteiger charge is -2.42. The second-order valence-corrected chi connectivity index (χ2v) is 12.6. The van der Waals surface area contributed by atoms with Gasteiger partial charge in [-0.25, -0.2) is 5.06 Å². The van der Waals surface area contributed by atoms with Crippen LogP contribution in [0.5, 0.6) is 0 Å². The summed E-state index contributed by atoms with van der Waals surface area (Å²) in [5, 5.41) is 1.39. The predicted octanol–water partition coefficient (Wildman–Crippen LogP) is 4.24. The van der Waals surface area contributed by atoms with Gasteiger partial charge >= 0.3 is 0 Å². The molecule has 0 N–H and O–H groups in total. The molecule has 0 rings (SSSR count). The van der Waals surface area contributed by atoms with E-state index in [2.05, 4.69) is 54.6 Å². The summed E-state index contributed by atoms with van der Waals surface area (Å²) in [6.07, 6.45) is 3.60. The summed E-state index contributed by atoms with van der Waals surface area (Å²) in [7, 11) is 1.25. The molecular weight excluding hydrogens is 294 g/mol. The average Bonchev–Trinajstić information content (AvgIpc) is 2.39. The van der Waals surface area contributed by atoms with E-state index in [1.165, 1.54) is 12.2 Å². The largest absolute Gasteiger partial charge is 0.413 e. The van der Waals surface area contributed by atoms with Gasteiger partial charge in [-0.15, -0.1) is 0 Å². The number of amides is 1. The normalized spacial score (nSPS) is 16.1. The molecule has 0 unspecified atom stereocenters. The molecule has 0 radical (unpaired) electrons. The second-order valence-electron chi connectivity index (χ2n) is 7.82. The average molecular weight is 330 g/mol. The molecule has 4 nitrogen and oxygen atoms in total. The van der Waals surface area contributed by atoms with Crippen LogP contribution in [0, 0.1) is 11.8 Å². The van der Waals surface area contributed by atoms with Gasteiger partial charge in [0.05, 0.1) is 13.2 Å². The fraction of sp³-hybridized carbons (Fsp3) is 0.824. The highest BCUT2D eigenvalue weighted by Crippen LogP contribution is 2.39. The van der Waals surface area contributed by atoms with Crippen molar-refractivity contribution < 1.29 is 14.1 Å². The molecule has 22 heavy (non-hydrogen) atoms. The third-order valence-corrected chi connectivity index (χ3v) is 9.01. The fourth-order valence-corrected chi connectivity index (χ4v) is 3.43. The molecule has 0 aromatic carbocycles. The van der Waals surface area contributed by atoms with Gasteiger partial charge in [-0.05, 0) is 30.0 Å². The van der Waals surface area contributed by atoms with Crippen molar-refractivity contribution in [3.63, 3.8) is 0 Å². The van der Waals surface area contributed by atoms with Crippen LogP contribution < -0.4 is 0 Å². The SMILES string of the molecule is CON(C)C(=O)/C=C/[C@H](C)[C@@H](O[Si](C)(C)C(C)(C)C)C(C)C. The zero-order valence-electron chi connectivity index (χ0n) is 16.1. The van der Waals surface area contributed by atoms with E-state index < -0.39 is 8.32 Å². The predicted molar refractivity (Wildman–Crippen MR) is 95.0 cm³/mol. The maximum Gasteiger partial charge on any atom is 0.269 e. The Morgan fingerprint density at radius 2 is 1.68 bits per heavy atom. The summed E-state index contributed by atoms with van der Waals surface area (Å²) >= 11 is 0. The second kappa shape index (κ2) is 8.27. The van der Waals surface area contributed by atoms with E-state index in [1.54, 1.807) is 13.1 Å². The first kappa shape index (κ1) is 21.3. The summed E-state index contributed by atoms with van der Waals surface area (Å²) in [6, 6.07) is 0. The highest BCUT2D eigenvalue weighted by molar-refractivity contribution is 6.74. The van der Waals surface area contributed by atoms with Gasteiger partial charge in [0, 0.05) is 13.1 Å². The molecular formula is C17H35NO3Si. The Balaban J connectivity index is 5.05. The molecule has 0 saturated heterocycles. The molecule has 1 amide bonds. The van der Waals surface area contributed by atoms with Crippen LogP contribution in [-0.2, 0) is 14.1 Å². The molecule has 0 fully saturated rings. The summed E-state index contributed by atoms with van der Waals surface area (Å²) < 4.78 is 6.58. The topological polar surface area (TPSA) is 38.8 Å². The Morgan fingerprint density at radius 3 is 2.05 bits per heavy atom. The molecule has 0 aliphatic carbocycles. The van der Waals surface area contributed by atoms with E-state index in [-0.39, 0.29) is 23.0 Å². The van der Waals surface area contributed by atoms with Gasteiger partial charge in [-0.3, -0.25) is 9.63 Å². The Kier molecular flexibility index (Phi) is 8.02. The smallest absolute Gasteiger partial charge is 0.269 e. The van der Waals surface area contributed by atoms with Gasteiger partial charge in [0.15, 0.2) is 8.32 Å². The molecule has 0 aromatic rings. The maximum atomic E-state index is 11.8. The van der Waals surface area contributed by atoms with Gasteiger partial charge in [-0.1, -0.05) is 47.6 Å². The molecule has 0 bridgehead atoms. The molecule has 0 aromatic heterocycles. The zero-order valence-corrected chi connectivity index (χ0v) is 17.1. The lowest BCUT2D eigenvalue weighted by Crippen LogP contribution is -2.46. The van der Waals surface area contributed by atoms with Crippen molar-refractivity contribution in [3.05, 3.63) is 12.2 Å². The Morgan fingerprint density at radius 1 is 1.18 bits per heavy atom. The van der Waals surface area contributed by atoms with E-state index >= 15 is 0 Å². The van der Waals surface area contributed by atoms with Crippen molar-refractivity contribution in [3.8, 4) is 0 Å².